The van der Waals surface area contributed by atoms with E-state index in [9.17, 15) is 29.1 Å². The molecular weight excluding hydrogens is 518 g/mol. The Morgan fingerprint density at radius 3 is 1.92 bits per heavy atom. The maximum absolute atomic E-state index is 13.3. The normalized spacial score (nSPS) is 14.0. The van der Waals surface area contributed by atoms with E-state index < -0.39 is 53.8 Å². The lowest BCUT2D eigenvalue weighted by atomic mass is 10.0. The Hall–Kier alpha value is -2.77. The molecule has 0 spiro atoms. The predicted molar refractivity (Wildman–Crippen MR) is 146 cm³/mol. The van der Waals surface area contributed by atoms with Gasteiger partial charge in [0.1, 0.15) is 18.1 Å². The molecule has 0 bridgehead atoms. The van der Waals surface area contributed by atoms with Gasteiger partial charge in [0.15, 0.2) is 0 Å². The van der Waals surface area contributed by atoms with Gasteiger partial charge in [0.2, 0.25) is 23.6 Å². The van der Waals surface area contributed by atoms with Gasteiger partial charge in [-0.2, -0.15) is 23.5 Å². The van der Waals surface area contributed by atoms with Crippen LogP contribution in [-0.2, 0) is 30.4 Å². The number of carboxylic acid groups (broad SMARTS) is 1. The van der Waals surface area contributed by atoms with Gasteiger partial charge < -0.3 is 32.5 Å². The standard InChI is InChI=1S/C24H37N5O6S2/c1-36-12-10-16(25)21(31)29-19(14-15-6-4-3-5-7-15)23(33)27-17(11-13-37-2)22(32)28-18(24(34)35)8-9-20(26)30/h3-7,16-19H,8-14,25H2,1-2H3,(H2,26,30)(H,27,33)(H,28,32)(H,29,31)(H,34,35). The minimum Gasteiger partial charge on any atom is -0.480 e. The number of carboxylic acids is 1. The molecule has 1 rings (SSSR count). The monoisotopic (exact) mass is 555 g/mol. The third-order valence-corrected chi connectivity index (χ3v) is 6.71. The summed E-state index contributed by atoms with van der Waals surface area (Å²) < 4.78 is 0. The third kappa shape index (κ3) is 12.8. The third-order valence-electron chi connectivity index (χ3n) is 5.42. The predicted octanol–water partition coefficient (Wildman–Crippen LogP) is -0.133. The zero-order valence-electron chi connectivity index (χ0n) is 21.1. The second-order valence-corrected chi connectivity index (χ2v) is 10.4. The first-order valence-corrected chi connectivity index (χ1v) is 14.6. The summed E-state index contributed by atoms with van der Waals surface area (Å²) in [6.07, 6.45) is 4.16. The second kappa shape index (κ2) is 17.6. The lowest BCUT2D eigenvalue weighted by molar-refractivity contribution is -0.142. The Morgan fingerprint density at radius 2 is 1.35 bits per heavy atom. The molecule has 1 aromatic carbocycles. The van der Waals surface area contributed by atoms with E-state index in [1.165, 1.54) is 11.8 Å². The van der Waals surface area contributed by atoms with Crippen LogP contribution in [0.15, 0.2) is 30.3 Å². The number of nitrogens with two attached hydrogens (primary N) is 2. The summed E-state index contributed by atoms with van der Waals surface area (Å²) in [7, 11) is 0. The molecule has 0 heterocycles. The van der Waals surface area contributed by atoms with E-state index in [2.05, 4.69) is 16.0 Å². The fraction of sp³-hybridized carbons (Fsp3) is 0.542. The maximum atomic E-state index is 13.3. The molecule has 0 aliphatic carbocycles. The van der Waals surface area contributed by atoms with Gasteiger partial charge in [-0.05, 0) is 48.8 Å². The highest BCUT2D eigenvalue weighted by atomic mass is 32.2. The Kier molecular flexibility index (Phi) is 15.4. The van der Waals surface area contributed by atoms with Crippen LogP contribution in [-0.4, -0.2) is 82.9 Å². The van der Waals surface area contributed by atoms with E-state index in [-0.39, 0.29) is 25.7 Å². The summed E-state index contributed by atoms with van der Waals surface area (Å²) in [6, 6.07) is 4.86. The molecule has 0 aromatic heterocycles. The summed E-state index contributed by atoms with van der Waals surface area (Å²) in [5.74, 6) is -2.61. The number of aliphatic carboxylic acids is 1. The van der Waals surface area contributed by atoms with Crippen LogP contribution in [0.5, 0.6) is 0 Å². The SMILES string of the molecule is CSCCC(N)C(=O)NC(Cc1ccccc1)C(=O)NC(CCSC)C(=O)NC(CCC(N)=O)C(=O)O. The number of hydrogen-bond acceptors (Lipinski definition) is 8. The van der Waals surface area contributed by atoms with Gasteiger partial charge >= 0.3 is 5.97 Å². The molecule has 0 saturated heterocycles. The zero-order chi connectivity index (χ0) is 27.8. The van der Waals surface area contributed by atoms with E-state index in [4.69, 9.17) is 11.5 Å². The van der Waals surface area contributed by atoms with Crippen LogP contribution in [0.4, 0.5) is 0 Å². The van der Waals surface area contributed by atoms with E-state index in [0.717, 1.165) is 5.56 Å². The Morgan fingerprint density at radius 1 is 0.811 bits per heavy atom. The number of hydrogen-bond donors (Lipinski definition) is 6. The topological polar surface area (TPSA) is 194 Å². The summed E-state index contributed by atoms with van der Waals surface area (Å²) in [5, 5.41) is 17.2. The lowest BCUT2D eigenvalue weighted by Crippen LogP contribution is -2.57. The molecule has 206 valence electrons. The van der Waals surface area contributed by atoms with E-state index in [1.807, 2.05) is 42.8 Å². The molecule has 37 heavy (non-hydrogen) atoms. The first kappa shape index (κ1) is 32.3. The number of carbonyl (C=O) groups is 5. The summed E-state index contributed by atoms with van der Waals surface area (Å²) in [5.41, 5.74) is 11.9. The molecular formula is C24H37N5O6S2. The Labute approximate surface area is 225 Å². The van der Waals surface area contributed by atoms with Gasteiger partial charge in [-0.25, -0.2) is 4.79 Å². The van der Waals surface area contributed by atoms with Crippen LogP contribution < -0.4 is 27.4 Å². The number of rotatable bonds is 18. The van der Waals surface area contributed by atoms with Gasteiger partial charge in [-0.3, -0.25) is 19.2 Å². The van der Waals surface area contributed by atoms with Crippen molar-refractivity contribution in [3.63, 3.8) is 0 Å². The number of primary amides is 1. The molecule has 0 aliphatic heterocycles. The number of amides is 4. The van der Waals surface area contributed by atoms with E-state index >= 15 is 0 Å². The zero-order valence-corrected chi connectivity index (χ0v) is 22.7. The first-order valence-electron chi connectivity index (χ1n) is 11.8. The van der Waals surface area contributed by atoms with E-state index in [0.29, 0.717) is 17.9 Å². The van der Waals surface area contributed by atoms with Crippen LogP contribution in [0.25, 0.3) is 0 Å². The quantitative estimate of drug-likeness (QED) is 0.143. The minimum absolute atomic E-state index is 0.168. The molecule has 4 atom stereocenters. The molecule has 0 radical (unpaired) electrons. The molecule has 4 unspecified atom stereocenters. The van der Waals surface area contributed by atoms with Crippen molar-refractivity contribution in [1.29, 1.82) is 0 Å². The van der Waals surface area contributed by atoms with Crippen molar-refractivity contribution < 1.29 is 29.1 Å². The van der Waals surface area contributed by atoms with Crippen molar-refractivity contribution in [3.05, 3.63) is 35.9 Å². The molecule has 8 N–H and O–H groups in total. The average molecular weight is 556 g/mol. The van der Waals surface area contributed by atoms with Gasteiger partial charge in [0.25, 0.3) is 0 Å². The largest absolute Gasteiger partial charge is 0.480 e. The van der Waals surface area contributed by atoms with Crippen LogP contribution in [0.3, 0.4) is 0 Å². The fourth-order valence-electron chi connectivity index (χ4n) is 3.31. The maximum Gasteiger partial charge on any atom is 0.326 e. The molecule has 11 nitrogen and oxygen atoms in total. The van der Waals surface area contributed by atoms with Crippen molar-refractivity contribution in [3.8, 4) is 0 Å². The Balaban J connectivity index is 3.05. The van der Waals surface area contributed by atoms with Gasteiger partial charge in [0, 0.05) is 12.8 Å². The van der Waals surface area contributed by atoms with Crippen LogP contribution in [0.1, 0.15) is 31.2 Å². The second-order valence-electron chi connectivity index (χ2n) is 8.39. The molecule has 4 amide bonds. The summed E-state index contributed by atoms with van der Waals surface area (Å²) >= 11 is 3.00. The van der Waals surface area contributed by atoms with Gasteiger partial charge in [-0.15, -0.1) is 0 Å². The molecule has 13 heteroatoms. The number of nitrogens with one attached hydrogen (secondary N) is 3. The van der Waals surface area contributed by atoms with Crippen molar-refractivity contribution in [2.24, 2.45) is 11.5 Å². The van der Waals surface area contributed by atoms with E-state index in [1.54, 1.807) is 11.8 Å². The summed E-state index contributed by atoms with van der Waals surface area (Å²) in [4.78, 5) is 61.6. The van der Waals surface area contributed by atoms with Crippen LogP contribution in [0.2, 0.25) is 0 Å². The van der Waals surface area contributed by atoms with Crippen molar-refractivity contribution in [2.75, 3.05) is 24.0 Å². The highest BCUT2D eigenvalue weighted by Gasteiger charge is 2.30. The summed E-state index contributed by atoms with van der Waals surface area (Å²) in [6.45, 7) is 0. The highest BCUT2D eigenvalue weighted by molar-refractivity contribution is 7.98. The van der Waals surface area contributed by atoms with Crippen molar-refractivity contribution >= 4 is 53.1 Å². The van der Waals surface area contributed by atoms with Crippen LogP contribution >= 0.6 is 23.5 Å². The number of carbonyl (C=O) groups excluding carboxylic acids is 4. The molecule has 0 fully saturated rings. The number of benzene rings is 1. The molecule has 0 aliphatic rings. The fourth-order valence-corrected chi connectivity index (χ4v) is 4.27. The average Bonchev–Trinajstić information content (AvgIpc) is 2.86. The lowest BCUT2D eigenvalue weighted by Gasteiger charge is -2.25. The smallest absolute Gasteiger partial charge is 0.326 e. The first-order chi connectivity index (χ1) is 17.6. The van der Waals surface area contributed by atoms with Gasteiger partial charge in [0.05, 0.1) is 6.04 Å². The highest BCUT2D eigenvalue weighted by Crippen LogP contribution is 2.08. The van der Waals surface area contributed by atoms with Crippen molar-refractivity contribution in [2.45, 2.75) is 56.3 Å². The number of thioether (sulfide) groups is 2. The molecule has 0 saturated carbocycles. The van der Waals surface area contributed by atoms with Gasteiger partial charge in [-0.1, -0.05) is 30.3 Å². The van der Waals surface area contributed by atoms with Crippen molar-refractivity contribution in [1.82, 2.24) is 16.0 Å². The minimum atomic E-state index is -1.34. The molecule has 1 aromatic rings. The Bertz CT molecular complexity index is 905. The van der Waals surface area contributed by atoms with Crippen LogP contribution in [0, 0.1) is 0 Å².